The molecule has 0 atom stereocenters. The maximum absolute atomic E-state index is 12.7. The van der Waals surface area contributed by atoms with Gasteiger partial charge in [-0.05, 0) is 99.1 Å². The smallest absolute Gasteiger partial charge is 0.314 e. The molecule has 194 valence electrons. The summed E-state index contributed by atoms with van der Waals surface area (Å²) in [7, 11) is 1.68. The normalized spacial score (nSPS) is 25.6. The molecule has 0 bridgehead atoms. The van der Waals surface area contributed by atoms with Crippen molar-refractivity contribution in [3.63, 3.8) is 0 Å². The zero-order valence-corrected chi connectivity index (χ0v) is 21.6. The monoisotopic (exact) mass is 500 g/mol. The van der Waals surface area contributed by atoms with Gasteiger partial charge in [0.1, 0.15) is 11.4 Å². The fraction of sp³-hybridized carbons (Fsp3) is 0.484. The number of hydrogen-bond acceptors (Lipinski definition) is 4. The predicted octanol–water partition coefficient (Wildman–Crippen LogP) is 6.19. The van der Waals surface area contributed by atoms with E-state index in [2.05, 4.69) is 22.9 Å². The minimum atomic E-state index is -0.886. The Hall–Kier alpha value is -3.12. The molecule has 0 saturated heterocycles. The van der Waals surface area contributed by atoms with Gasteiger partial charge in [0, 0.05) is 12.1 Å². The molecule has 2 aromatic carbocycles. The lowest BCUT2D eigenvalue weighted by molar-refractivity contribution is -0.151. The first-order valence-electron chi connectivity index (χ1n) is 13.7. The van der Waals surface area contributed by atoms with Crippen LogP contribution in [0.2, 0.25) is 0 Å². The Morgan fingerprint density at radius 1 is 0.973 bits per heavy atom. The molecule has 3 saturated carbocycles. The maximum atomic E-state index is 12.7. The van der Waals surface area contributed by atoms with Crippen molar-refractivity contribution in [3.8, 4) is 17.0 Å². The summed E-state index contributed by atoms with van der Waals surface area (Å²) in [4.78, 5) is 12.7. The third kappa shape index (κ3) is 4.79. The molecule has 0 spiro atoms. The Kier molecular flexibility index (Phi) is 6.31. The number of carboxylic acid groups (broad SMARTS) is 1. The van der Waals surface area contributed by atoms with Gasteiger partial charge in [0.05, 0.1) is 30.5 Å². The SMILES string of the molecule is COc1ccc(-c2cc(C3(OCC4CC4)CCC(C(=O)O)(c4ccccc4)CC3)nn2CC2CC2)cc1. The minimum absolute atomic E-state index is 0.532. The number of carboxylic acids is 1. The first-order chi connectivity index (χ1) is 18.0. The van der Waals surface area contributed by atoms with Crippen LogP contribution in [0.15, 0.2) is 60.7 Å². The van der Waals surface area contributed by atoms with Gasteiger partial charge in [0.2, 0.25) is 0 Å². The standard InChI is InChI=1S/C31H36N2O4/c1-36-26-13-11-24(12-14-26)27-19-28(32-33(27)20-22-7-8-22)31(37-21-23-9-10-23)17-15-30(16-18-31,29(34)35)25-5-3-2-4-6-25/h2-6,11-14,19,22-23H,7-10,15-18,20-21H2,1H3,(H,34,35). The first-order valence-corrected chi connectivity index (χ1v) is 13.7. The molecule has 37 heavy (non-hydrogen) atoms. The Bertz CT molecular complexity index is 1230. The fourth-order valence-electron chi connectivity index (χ4n) is 5.82. The molecule has 6 nitrogen and oxygen atoms in total. The number of rotatable bonds is 10. The molecular formula is C31H36N2O4. The van der Waals surface area contributed by atoms with Crippen molar-refractivity contribution < 1.29 is 19.4 Å². The minimum Gasteiger partial charge on any atom is -0.497 e. The zero-order chi connectivity index (χ0) is 25.5. The van der Waals surface area contributed by atoms with Crippen molar-refractivity contribution in [2.45, 2.75) is 68.9 Å². The van der Waals surface area contributed by atoms with Crippen LogP contribution in [0.4, 0.5) is 0 Å². The topological polar surface area (TPSA) is 73.6 Å². The van der Waals surface area contributed by atoms with E-state index in [1.165, 1.54) is 25.7 Å². The third-order valence-electron chi connectivity index (χ3n) is 8.70. The molecule has 6 heteroatoms. The maximum Gasteiger partial charge on any atom is 0.314 e. The number of carbonyl (C=O) groups is 1. The highest BCUT2D eigenvalue weighted by Gasteiger charge is 2.51. The highest BCUT2D eigenvalue weighted by molar-refractivity contribution is 5.81. The van der Waals surface area contributed by atoms with Crippen LogP contribution in [0.25, 0.3) is 11.3 Å². The van der Waals surface area contributed by atoms with Gasteiger partial charge in [-0.25, -0.2) is 0 Å². The number of aliphatic carboxylic acids is 1. The number of methoxy groups -OCH3 is 1. The fourth-order valence-corrected chi connectivity index (χ4v) is 5.82. The molecular weight excluding hydrogens is 464 g/mol. The van der Waals surface area contributed by atoms with Crippen molar-refractivity contribution in [2.24, 2.45) is 11.8 Å². The molecule has 0 aliphatic heterocycles. The number of hydrogen-bond donors (Lipinski definition) is 1. The molecule has 3 aromatic rings. The van der Waals surface area contributed by atoms with E-state index in [1.54, 1.807) is 7.11 Å². The quantitative estimate of drug-likeness (QED) is 0.359. The average molecular weight is 501 g/mol. The number of ether oxygens (including phenoxy) is 2. The molecule has 3 aliphatic carbocycles. The van der Waals surface area contributed by atoms with E-state index < -0.39 is 17.0 Å². The number of aromatic nitrogens is 2. The van der Waals surface area contributed by atoms with Gasteiger partial charge >= 0.3 is 5.97 Å². The molecule has 3 aliphatic rings. The van der Waals surface area contributed by atoms with Gasteiger partial charge in [0.15, 0.2) is 0 Å². The lowest BCUT2D eigenvalue weighted by Gasteiger charge is -2.44. The van der Waals surface area contributed by atoms with E-state index in [0.29, 0.717) is 37.5 Å². The van der Waals surface area contributed by atoms with E-state index in [0.717, 1.165) is 41.4 Å². The van der Waals surface area contributed by atoms with E-state index >= 15 is 0 Å². The second-order valence-electron chi connectivity index (χ2n) is 11.3. The summed E-state index contributed by atoms with van der Waals surface area (Å²) in [5.74, 6) is 1.39. The Balaban J connectivity index is 1.36. The van der Waals surface area contributed by atoms with Crippen molar-refractivity contribution >= 4 is 5.97 Å². The Morgan fingerprint density at radius 2 is 1.65 bits per heavy atom. The zero-order valence-electron chi connectivity index (χ0n) is 21.6. The summed E-state index contributed by atoms with van der Waals surface area (Å²) in [6, 6.07) is 20.1. The molecule has 0 unspecified atom stereocenters. The van der Waals surface area contributed by atoms with Crippen LogP contribution < -0.4 is 4.74 Å². The van der Waals surface area contributed by atoms with Crippen LogP contribution in [0.3, 0.4) is 0 Å². The first kappa shape index (κ1) is 24.2. The van der Waals surface area contributed by atoms with Crippen LogP contribution in [-0.2, 0) is 27.1 Å². The average Bonchev–Trinajstić information content (AvgIpc) is 3.87. The van der Waals surface area contributed by atoms with Gasteiger partial charge in [-0.1, -0.05) is 30.3 Å². The summed E-state index contributed by atoms with van der Waals surface area (Å²) < 4.78 is 14.3. The van der Waals surface area contributed by atoms with E-state index in [4.69, 9.17) is 14.6 Å². The number of benzene rings is 2. The molecule has 1 aromatic heterocycles. The Morgan fingerprint density at radius 3 is 2.24 bits per heavy atom. The van der Waals surface area contributed by atoms with Gasteiger partial charge < -0.3 is 14.6 Å². The predicted molar refractivity (Wildman–Crippen MR) is 142 cm³/mol. The van der Waals surface area contributed by atoms with Crippen LogP contribution in [0, 0.1) is 11.8 Å². The second-order valence-corrected chi connectivity index (χ2v) is 11.3. The van der Waals surface area contributed by atoms with Crippen LogP contribution in [0.1, 0.15) is 62.6 Å². The molecule has 0 radical (unpaired) electrons. The number of nitrogens with zero attached hydrogens (tertiary/aromatic N) is 2. The summed E-state index contributed by atoms with van der Waals surface area (Å²) in [5, 5.41) is 15.6. The van der Waals surface area contributed by atoms with Gasteiger partial charge in [-0.3, -0.25) is 9.48 Å². The van der Waals surface area contributed by atoms with Crippen LogP contribution >= 0.6 is 0 Å². The van der Waals surface area contributed by atoms with Crippen LogP contribution in [0.5, 0.6) is 5.75 Å². The summed E-state index contributed by atoms with van der Waals surface area (Å²) in [6.07, 6.45) is 7.28. The van der Waals surface area contributed by atoms with Crippen molar-refractivity contribution in [2.75, 3.05) is 13.7 Å². The summed E-state index contributed by atoms with van der Waals surface area (Å²) >= 11 is 0. The molecule has 0 amide bonds. The highest BCUT2D eigenvalue weighted by atomic mass is 16.5. The summed E-state index contributed by atoms with van der Waals surface area (Å²) in [5.41, 5.74) is 2.59. The van der Waals surface area contributed by atoms with E-state index in [-0.39, 0.29) is 0 Å². The molecule has 3 fully saturated rings. The van der Waals surface area contributed by atoms with Crippen molar-refractivity contribution in [1.82, 2.24) is 9.78 Å². The third-order valence-corrected chi connectivity index (χ3v) is 8.70. The van der Waals surface area contributed by atoms with E-state index in [1.807, 2.05) is 42.5 Å². The van der Waals surface area contributed by atoms with Crippen molar-refractivity contribution in [3.05, 3.63) is 71.9 Å². The summed E-state index contributed by atoms with van der Waals surface area (Å²) in [6.45, 7) is 1.63. The Labute approximate surface area is 218 Å². The van der Waals surface area contributed by atoms with Crippen molar-refractivity contribution in [1.29, 1.82) is 0 Å². The second kappa shape index (κ2) is 9.64. The lowest BCUT2D eigenvalue weighted by Crippen LogP contribution is -2.46. The van der Waals surface area contributed by atoms with Gasteiger partial charge in [-0.2, -0.15) is 5.10 Å². The van der Waals surface area contributed by atoms with Gasteiger partial charge in [-0.15, -0.1) is 0 Å². The van der Waals surface area contributed by atoms with Gasteiger partial charge in [0.25, 0.3) is 0 Å². The lowest BCUT2D eigenvalue weighted by atomic mass is 9.64. The molecule has 6 rings (SSSR count). The molecule has 1 heterocycles. The largest absolute Gasteiger partial charge is 0.497 e. The van der Waals surface area contributed by atoms with Crippen LogP contribution in [-0.4, -0.2) is 34.6 Å². The highest BCUT2D eigenvalue weighted by Crippen LogP contribution is 2.50. The van der Waals surface area contributed by atoms with E-state index in [9.17, 15) is 9.90 Å². The molecule has 1 N–H and O–H groups in total.